The van der Waals surface area contributed by atoms with E-state index >= 15 is 0 Å². The maximum atomic E-state index is 12.9. The number of rotatable bonds is 6. The number of carbonyl (C=O) groups is 3. The zero-order valence-corrected chi connectivity index (χ0v) is 18.2. The predicted octanol–water partition coefficient (Wildman–Crippen LogP) is 3.80. The Balaban J connectivity index is 1.23. The Kier molecular flexibility index (Phi) is 5.66. The number of amidine groups is 1. The summed E-state index contributed by atoms with van der Waals surface area (Å²) in [7, 11) is 0. The Morgan fingerprint density at radius 3 is 2.56 bits per heavy atom. The van der Waals surface area contributed by atoms with E-state index in [1.807, 2.05) is 6.07 Å². The fourth-order valence-electron chi connectivity index (χ4n) is 4.56. The van der Waals surface area contributed by atoms with Gasteiger partial charge in [0.2, 0.25) is 11.8 Å². The topological polar surface area (TPSA) is 87.6 Å². The molecule has 2 N–H and O–H groups in total. The van der Waals surface area contributed by atoms with Crippen LogP contribution in [0.15, 0.2) is 71.7 Å². The molecule has 1 heterocycles. The highest BCUT2D eigenvalue weighted by Crippen LogP contribution is 2.41. The van der Waals surface area contributed by atoms with E-state index in [0.29, 0.717) is 33.8 Å². The number of anilines is 1. The first-order valence-corrected chi connectivity index (χ1v) is 11.7. The van der Waals surface area contributed by atoms with Crippen LogP contribution in [0, 0.1) is 11.8 Å². The first kappa shape index (κ1) is 20.7. The number of ketones is 1. The molecule has 162 valence electrons. The Morgan fingerprint density at radius 2 is 1.81 bits per heavy atom. The minimum Gasteiger partial charge on any atom is -0.325 e. The van der Waals surface area contributed by atoms with Crippen molar-refractivity contribution in [1.82, 2.24) is 5.32 Å². The lowest BCUT2D eigenvalue weighted by Gasteiger charge is -2.13. The van der Waals surface area contributed by atoms with Crippen molar-refractivity contribution in [1.29, 1.82) is 0 Å². The summed E-state index contributed by atoms with van der Waals surface area (Å²) >= 11 is 1.32. The fraction of sp³-hybridized carbons (Fsp3) is 0.280. The van der Waals surface area contributed by atoms with Crippen molar-refractivity contribution in [2.45, 2.75) is 30.6 Å². The zero-order valence-electron chi connectivity index (χ0n) is 17.4. The van der Waals surface area contributed by atoms with E-state index in [0.717, 1.165) is 12.8 Å². The molecular weight excluding hydrogens is 422 g/mol. The van der Waals surface area contributed by atoms with Crippen LogP contribution >= 0.6 is 11.8 Å². The van der Waals surface area contributed by atoms with Gasteiger partial charge in [0.1, 0.15) is 5.25 Å². The smallest absolute Gasteiger partial charge is 0.240 e. The molecule has 6 nitrogen and oxygen atoms in total. The molecule has 32 heavy (non-hydrogen) atoms. The summed E-state index contributed by atoms with van der Waals surface area (Å²) < 4.78 is 0. The maximum Gasteiger partial charge on any atom is 0.240 e. The number of nitrogens with zero attached hydrogens (tertiary/aromatic N) is 1. The van der Waals surface area contributed by atoms with Gasteiger partial charge in [-0.3, -0.25) is 19.4 Å². The number of benzene rings is 2. The van der Waals surface area contributed by atoms with Crippen LogP contribution in [0.5, 0.6) is 0 Å². The van der Waals surface area contributed by atoms with Gasteiger partial charge in [-0.1, -0.05) is 66.4 Å². The zero-order chi connectivity index (χ0) is 22.1. The first-order valence-electron chi connectivity index (χ1n) is 10.8. The third-order valence-electron chi connectivity index (χ3n) is 6.16. The normalized spacial score (nSPS) is 27.0. The van der Waals surface area contributed by atoms with Crippen molar-refractivity contribution in [2.75, 3.05) is 5.32 Å². The first-order chi connectivity index (χ1) is 15.6. The summed E-state index contributed by atoms with van der Waals surface area (Å²) in [6, 6.07) is 16.1. The molecule has 1 saturated carbocycles. The van der Waals surface area contributed by atoms with Crippen LogP contribution in [0.1, 0.15) is 35.2 Å². The lowest BCUT2D eigenvalue weighted by atomic mass is 10.0. The molecule has 1 aliphatic heterocycles. The Morgan fingerprint density at radius 1 is 1.03 bits per heavy atom. The Labute approximate surface area is 190 Å². The molecule has 0 aromatic heterocycles. The van der Waals surface area contributed by atoms with Gasteiger partial charge in [0.05, 0.1) is 11.7 Å². The van der Waals surface area contributed by atoms with Crippen molar-refractivity contribution in [3.63, 3.8) is 0 Å². The summed E-state index contributed by atoms with van der Waals surface area (Å²) in [6.07, 6.45) is 6.67. The van der Waals surface area contributed by atoms with Gasteiger partial charge in [-0.25, -0.2) is 0 Å². The predicted molar refractivity (Wildman–Crippen MR) is 126 cm³/mol. The molecule has 2 fully saturated rings. The second kappa shape index (κ2) is 8.74. The number of para-hydroxylation sites is 1. The van der Waals surface area contributed by atoms with E-state index in [-0.39, 0.29) is 30.1 Å². The van der Waals surface area contributed by atoms with Crippen LogP contribution in [0.4, 0.5) is 5.69 Å². The average molecular weight is 446 g/mol. The number of allylic oxidation sites excluding steroid dienone is 1. The van der Waals surface area contributed by atoms with E-state index in [2.05, 4.69) is 22.8 Å². The van der Waals surface area contributed by atoms with Gasteiger partial charge in [0, 0.05) is 17.5 Å². The number of fused-ring (bicyclic) bond motifs is 2. The third-order valence-corrected chi connectivity index (χ3v) is 7.25. The fourth-order valence-corrected chi connectivity index (χ4v) is 5.58. The number of thioether (sulfide) groups is 1. The standard InChI is InChI=1S/C25H23N3O3S/c29-22(26-19-9-5-4-8-18(19)23(30)16-6-2-1-3-7-16)14-21-24(31)28-25(32-21)27-20-13-15-10-11-17(20)12-15/h1-11,15,17,20-21H,12-14H2,(H,26,29)(H,27,28,31). The van der Waals surface area contributed by atoms with Gasteiger partial charge >= 0.3 is 0 Å². The van der Waals surface area contributed by atoms with E-state index in [4.69, 9.17) is 4.99 Å². The summed E-state index contributed by atoms with van der Waals surface area (Å²) in [5.74, 6) is 0.401. The maximum absolute atomic E-state index is 12.9. The lowest BCUT2D eigenvalue weighted by Crippen LogP contribution is -2.29. The van der Waals surface area contributed by atoms with Crippen LogP contribution in [0.25, 0.3) is 0 Å². The van der Waals surface area contributed by atoms with E-state index in [1.54, 1.807) is 48.5 Å². The highest BCUT2D eigenvalue weighted by molar-refractivity contribution is 8.15. The molecule has 3 aliphatic rings. The van der Waals surface area contributed by atoms with E-state index < -0.39 is 5.25 Å². The molecule has 0 radical (unpaired) electrons. The molecule has 1 saturated heterocycles. The monoisotopic (exact) mass is 445 g/mol. The molecule has 4 atom stereocenters. The minimum atomic E-state index is -0.528. The summed E-state index contributed by atoms with van der Waals surface area (Å²) in [6.45, 7) is 0. The molecule has 2 aliphatic carbocycles. The third kappa shape index (κ3) is 4.25. The second-order valence-electron chi connectivity index (χ2n) is 8.37. The summed E-state index contributed by atoms with van der Waals surface area (Å²) in [5.41, 5.74) is 1.41. The molecule has 2 aromatic carbocycles. The van der Waals surface area contributed by atoms with E-state index in [1.165, 1.54) is 11.8 Å². The SMILES string of the molecule is O=C(CC1SC(=NC2CC3C=CC2C3)NC1=O)Nc1ccccc1C(=O)c1ccccc1. The van der Waals surface area contributed by atoms with Gasteiger partial charge in [-0.05, 0) is 36.8 Å². The van der Waals surface area contributed by atoms with Crippen molar-refractivity contribution in [3.05, 3.63) is 77.9 Å². The average Bonchev–Trinajstić information content (AvgIpc) is 3.51. The summed E-state index contributed by atoms with van der Waals surface area (Å²) in [5, 5.41) is 5.72. The number of hydrogen-bond donors (Lipinski definition) is 2. The number of aliphatic imine (C=N–C) groups is 1. The Bertz CT molecular complexity index is 1130. The summed E-state index contributed by atoms with van der Waals surface area (Å²) in [4.78, 5) is 42.7. The second-order valence-corrected chi connectivity index (χ2v) is 9.56. The largest absolute Gasteiger partial charge is 0.325 e. The number of amides is 2. The van der Waals surface area contributed by atoms with Crippen molar-refractivity contribution < 1.29 is 14.4 Å². The number of carbonyl (C=O) groups excluding carboxylic acids is 3. The highest BCUT2D eigenvalue weighted by Gasteiger charge is 2.38. The van der Waals surface area contributed by atoms with Gasteiger partial charge in [0.25, 0.3) is 0 Å². The molecule has 2 bridgehead atoms. The van der Waals surface area contributed by atoms with Gasteiger partial charge in [0.15, 0.2) is 11.0 Å². The van der Waals surface area contributed by atoms with Crippen molar-refractivity contribution >= 4 is 40.2 Å². The van der Waals surface area contributed by atoms with Crippen molar-refractivity contribution in [3.8, 4) is 0 Å². The lowest BCUT2D eigenvalue weighted by molar-refractivity contribution is -0.122. The van der Waals surface area contributed by atoms with Gasteiger partial charge in [-0.15, -0.1) is 0 Å². The van der Waals surface area contributed by atoms with Crippen molar-refractivity contribution in [2.24, 2.45) is 16.8 Å². The van der Waals surface area contributed by atoms with Crippen LogP contribution in [0.3, 0.4) is 0 Å². The van der Waals surface area contributed by atoms with Gasteiger partial charge in [-0.2, -0.15) is 0 Å². The molecule has 7 heteroatoms. The van der Waals surface area contributed by atoms with Crippen LogP contribution in [-0.2, 0) is 9.59 Å². The molecular formula is C25H23N3O3S. The minimum absolute atomic E-state index is 0.0139. The van der Waals surface area contributed by atoms with E-state index in [9.17, 15) is 14.4 Å². The quantitative estimate of drug-likeness (QED) is 0.523. The van der Waals surface area contributed by atoms with Gasteiger partial charge < -0.3 is 10.6 Å². The highest BCUT2D eigenvalue weighted by atomic mass is 32.2. The molecule has 2 aromatic rings. The van der Waals surface area contributed by atoms with Crippen LogP contribution < -0.4 is 10.6 Å². The van der Waals surface area contributed by atoms with Crippen LogP contribution in [0.2, 0.25) is 0 Å². The molecule has 5 rings (SSSR count). The van der Waals surface area contributed by atoms with Crippen LogP contribution in [-0.4, -0.2) is 34.1 Å². The Hall–Kier alpha value is -3.19. The molecule has 2 amide bonds. The molecule has 4 unspecified atom stereocenters. The molecule has 0 spiro atoms. The number of hydrogen-bond acceptors (Lipinski definition) is 5. The number of nitrogens with one attached hydrogen (secondary N) is 2.